The molecular formula is C17H16ClN3. The molecule has 0 heterocycles. The molecule has 106 valence electrons. The molecule has 3 rings (SSSR count). The van der Waals surface area contributed by atoms with E-state index in [0.717, 1.165) is 36.3 Å². The van der Waals surface area contributed by atoms with Crippen LogP contribution in [0, 0.1) is 11.3 Å². The number of rotatable bonds is 4. The highest BCUT2D eigenvalue weighted by Crippen LogP contribution is 2.35. The number of hydrogen-bond donors (Lipinski definition) is 1. The summed E-state index contributed by atoms with van der Waals surface area (Å²) in [5, 5.41) is 9.94. The highest BCUT2D eigenvalue weighted by molar-refractivity contribution is 6.30. The number of benzene rings is 2. The van der Waals surface area contributed by atoms with Crippen LogP contribution in [-0.4, -0.2) is 6.04 Å². The molecule has 0 saturated heterocycles. The summed E-state index contributed by atoms with van der Waals surface area (Å²) < 4.78 is 0. The summed E-state index contributed by atoms with van der Waals surface area (Å²) in [5.74, 6) is 0. The van der Waals surface area contributed by atoms with Crippen LogP contribution >= 0.6 is 11.6 Å². The van der Waals surface area contributed by atoms with Gasteiger partial charge in [0.2, 0.25) is 0 Å². The summed E-state index contributed by atoms with van der Waals surface area (Å²) in [7, 11) is 0. The summed E-state index contributed by atoms with van der Waals surface area (Å²) in [5.41, 5.74) is 9.34. The number of nitrogens with two attached hydrogens (primary N) is 1. The summed E-state index contributed by atoms with van der Waals surface area (Å²) >= 11 is 5.99. The van der Waals surface area contributed by atoms with E-state index in [1.165, 1.54) is 0 Å². The zero-order chi connectivity index (χ0) is 14.8. The first-order valence-corrected chi connectivity index (χ1v) is 7.36. The molecule has 1 aliphatic carbocycles. The molecule has 3 nitrogen and oxygen atoms in total. The zero-order valence-corrected chi connectivity index (χ0v) is 12.3. The number of nitrogen functional groups attached to an aromatic ring is 1. The van der Waals surface area contributed by atoms with Crippen molar-refractivity contribution in [3.63, 3.8) is 0 Å². The predicted molar refractivity (Wildman–Crippen MR) is 86.2 cm³/mol. The van der Waals surface area contributed by atoms with Crippen LogP contribution in [0.2, 0.25) is 5.02 Å². The molecule has 2 aromatic carbocycles. The third kappa shape index (κ3) is 3.12. The average molecular weight is 298 g/mol. The number of halogens is 1. The second-order valence-electron chi connectivity index (χ2n) is 5.38. The van der Waals surface area contributed by atoms with Crippen molar-refractivity contribution in [3.05, 3.63) is 58.6 Å². The van der Waals surface area contributed by atoms with E-state index in [1.807, 2.05) is 30.3 Å². The molecule has 21 heavy (non-hydrogen) atoms. The van der Waals surface area contributed by atoms with Gasteiger partial charge >= 0.3 is 0 Å². The smallest absolute Gasteiger partial charge is 0.101 e. The summed E-state index contributed by atoms with van der Waals surface area (Å²) in [6.45, 7) is 0.756. The summed E-state index contributed by atoms with van der Waals surface area (Å²) in [6, 6.07) is 16.1. The van der Waals surface area contributed by atoms with E-state index >= 15 is 0 Å². The molecule has 0 amide bonds. The normalized spacial score (nSPS) is 13.7. The molecule has 2 aromatic rings. The van der Waals surface area contributed by atoms with Gasteiger partial charge in [0.1, 0.15) is 6.07 Å². The SMILES string of the molecule is N#Cc1cc(Cl)ccc1N(Cc1cccc(N)c1)C1CC1. The van der Waals surface area contributed by atoms with E-state index in [-0.39, 0.29) is 0 Å². The minimum absolute atomic E-state index is 0.500. The van der Waals surface area contributed by atoms with Gasteiger partial charge in [0.15, 0.2) is 0 Å². The van der Waals surface area contributed by atoms with Crippen LogP contribution in [0.15, 0.2) is 42.5 Å². The predicted octanol–water partition coefficient (Wildman–Crippen LogP) is 3.96. The topological polar surface area (TPSA) is 53.0 Å². The molecule has 0 unspecified atom stereocenters. The maximum Gasteiger partial charge on any atom is 0.101 e. The van der Waals surface area contributed by atoms with E-state index in [9.17, 15) is 5.26 Å². The second kappa shape index (κ2) is 5.67. The van der Waals surface area contributed by atoms with Gasteiger partial charge in [-0.2, -0.15) is 5.26 Å². The quantitative estimate of drug-likeness (QED) is 0.869. The summed E-state index contributed by atoms with van der Waals surface area (Å²) in [6.07, 6.45) is 2.33. The Labute approximate surface area is 129 Å². The molecule has 4 heteroatoms. The number of nitrogens with zero attached hydrogens (tertiary/aromatic N) is 2. The van der Waals surface area contributed by atoms with Crippen molar-refractivity contribution in [1.82, 2.24) is 0 Å². The van der Waals surface area contributed by atoms with Crippen molar-refractivity contribution in [1.29, 1.82) is 5.26 Å². The fourth-order valence-electron chi connectivity index (χ4n) is 2.53. The van der Waals surface area contributed by atoms with Crippen LogP contribution in [-0.2, 0) is 6.54 Å². The Hall–Kier alpha value is -2.18. The van der Waals surface area contributed by atoms with Crippen LogP contribution in [0.1, 0.15) is 24.0 Å². The lowest BCUT2D eigenvalue weighted by Crippen LogP contribution is -2.25. The molecule has 0 radical (unpaired) electrons. The lowest BCUT2D eigenvalue weighted by Gasteiger charge is -2.26. The highest BCUT2D eigenvalue weighted by Gasteiger charge is 2.30. The van der Waals surface area contributed by atoms with Crippen molar-refractivity contribution in [2.75, 3.05) is 10.6 Å². The maximum absolute atomic E-state index is 9.35. The molecule has 0 aliphatic heterocycles. The zero-order valence-electron chi connectivity index (χ0n) is 11.6. The first-order valence-electron chi connectivity index (χ1n) is 6.98. The third-order valence-electron chi connectivity index (χ3n) is 3.68. The van der Waals surface area contributed by atoms with Crippen molar-refractivity contribution in [3.8, 4) is 6.07 Å². The Morgan fingerprint density at radius 1 is 1.24 bits per heavy atom. The minimum atomic E-state index is 0.500. The van der Waals surface area contributed by atoms with Gasteiger partial charge in [0.05, 0.1) is 11.3 Å². The van der Waals surface area contributed by atoms with Gasteiger partial charge in [-0.15, -0.1) is 0 Å². The number of hydrogen-bond acceptors (Lipinski definition) is 3. The van der Waals surface area contributed by atoms with Gasteiger partial charge in [0, 0.05) is 23.3 Å². The van der Waals surface area contributed by atoms with Crippen LogP contribution < -0.4 is 10.6 Å². The molecule has 1 saturated carbocycles. The van der Waals surface area contributed by atoms with Crippen molar-refractivity contribution in [2.45, 2.75) is 25.4 Å². The van der Waals surface area contributed by atoms with Crippen LogP contribution in [0.5, 0.6) is 0 Å². The standard InChI is InChI=1S/C17H16ClN3/c18-14-4-7-17(13(9-14)10-19)21(16-5-6-16)11-12-2-1-3-15(20)8-12/h1-4,7-9,16H,5-6,11,20H2. The first kappa shape index (κ1) is 13.8. The Bertz CT molecular complexity index is 701. The fraction of sp³-hybridized carbons (Fsp3) is 0.235. The molecule has 1 fully saturated rings. The van der Waals surface area contributed by atoms with E-state index in [0.29, 0.717) is 16.6 Å². The lowest BCUT2D eigenvalue weighted by molar-refractivity contribution is 0.793. The average Bonchev–Trinajstić information content (AvgIpc) is 3.29. The van der Waals surface area contributed by atoms with E-state index in [2.05, 4.69) is 17.0 Å². The Morgan fingerprint density at radius 3 is 2.71 bits per heavy atom. The van der Waals surface area contributed by atoms with Gasteiger partial charge in [-0.25, -0.2) is 0 Å². The van der Waals surface area contributed by atoms with E-state index < -0.39 is 0 Å². The lowest BCUT2D eigenvalue weighted by atomic mass is 10.1. The van der Waals surface area contributed by atoms with Gasteiger partial charge in [0.25, 0.3) is 0 Å². The minimum Gasteiger partial charge on any atom is -0.399 e. The largest absolute Gasteiger partial charge is 0.399 e. The molecule has 0 spiro atoms. The van der Waals surface area contributed by atoms with Gasteiger partial charge in [-0.3, -0.25) is 0 Å². The van der Waals surface area contributed by atoms with Gasteiger partial charge < -0.3 is 10.6 Å². The Morgan fingerprint density at radius 2 is 2.05 bits per heavy atom. The monoisotopic (exact) mass is 297 g/mol. The maximum atomic E-state index is 9.35. The Kier molecular flexibility index (Phi) is 3.72. The van der Waals surface area contributed by atoms with Gasteiger partial charge in [-0.1, -0.05) is 23.7 Å². The van der Waals surface area contributed by atoms with Crippen LogP contribution in [0.4, 0.5) is 11.4 Å². The number of nitriles is 1. The third-order valence-corrected chi connectivity index (χ3v) is 3.92. The summed E-state index contributed by atoms with van der Waals surface area (Å²) in [4.78, 5) is 2.28. The van der Waals surface area contributed by atoms with E-state index in [4.69, 9.17) is 17.3 Å². The molecule has 2 N–H and O–H groups in total. The van der Waals surface area contributed by atoms with E-state index in [1.54, 1.807) is 6.07 Å². The fourth-order valence-corrected chi connectivity index (χ4v) is 2.71. The molecule has 1 aliphatic rings. The molecular weight excluding hydrogens is 282 g/mol. The molecule has 0 bridgehead atoms. The van der Waals surface area contributed by atoms with Crippen molar-refractivity contribution in [2.24, 2.45) is 0 Å². The van der Waals surface area contributed by atoms with Crippen LogP contribution in [0.3, 0.4) is 0 Å². The number of anilines is 2. The van der Waals surface area contributed by atoms with Crippen LogP contribution in [0.25, 0.3) is 0 Å². The van der Waals surface area contributed by atoms with Crippen molar-refractivity contribution >= 4 is 23.0 Å². The highest BCUT2D eigenvalue weighted by atomic mass is 35.5. The Balaban J connectivity index is 1.94. The molecule has 0 atom stereocenters. The van der Waals surface area contributed by atoms with Crippen molar-refractivity contribution < 1.29 is 0 Å². The molecule has 0 aromatic heterocycles. The first-order chi connectivity index (χ1) is 10.2. The van der Waals surface area contributed by atoms with Gasteiger partial charge in [-0.05, 0) is 48.7 Å². The second-order valence-corrected chi connectivity index (χ2v) is 5.81.